The van der Waals surface area contributed by atoms with E-state index in [1.54, 1.807) is 0 Å². The second-order valence-electron chi connectivity index (χ2n) is 7.45. The van der Waals surface area contributed by atoms with Gasteiger partial charge in [0.15, 0.2) is 0 Å². The molecule has 0 aromatic carbocycles. The predicted octanol–water partition coefficient (Wildman–Crippen LogP) is -3.18. The standard InChI is InChI=1S/C18H30N6O7S/c19-9(3-5-13(20)25)17(29)24-7-1-2-12(24)16(28)22-10(4-6-14(21)26)15(27)23-11(8-32)18(30)31/h9-12,32H,1-8,19H2,(H2,20,25)(H2,21,26)(H,22,28)(H,23,27)(H,30,31). The third kappa shape index (κ3) is 8.34. The Labute approximate surface area is 190 Å². The molecule has 14 heteroatoms. The number of nitrogens with zero attached hydrogens (tertiary/aromatic N) is 1. The van der Waals surface area contributed by atoms with Crippen molar-refractivity contribution in [1.82, 2.24) is 15.5 Å². The first-order chi connectivity index (χ1) is 15.0. The van der Waals surface area contributed by atoms with E-state index in [0.717, 1.165) is 0 Å². The second kappa shape index (κ2) is 12.9. The normalized spacial score (nSPS) is 18.3. The van der Waals surface area contributed by atoms with E-state index >= 15 is 0 Å². The van der Waals surface area contributed by atoms with Gasteiger partial charge in [0.1, 0.15) is 18.1 Å². The number of thiol groups is 1. The van der Waals surface area contributed by atoms with Gasteiger partial charge in [-0.2, -0.15) is 12.6 Å². The number of amides is 5. The molecular formula is C18H30N6O7S. The average molecular weight is 475 g/mol. The van der Waals surface area contributed by atoms with Gasteiger partial charge in [-0.15, -0.1) is 0 Å². The van der Waals surface area contributed by atoms with Crippen molar-refractivity contribution in [3.63, 3.8) is 0 Å². The van der Waals surface area contributed by atoms with Gasteiger partial charge in [-0.1, -0.05) is 0 Å². The molecule has 1 fully saturated rings. The molecule has 0 radical (unpaired) electrons. The Morgan fingerprint density at radius 2 is 1.59 bits per heavy atom. The summed E-state index contributed by atoms with van der Waals surface area (Å²) in [4.78, 5) is 72.5. The van der Waals surface area contributed by atoms with Gasteiger partial charge in [0.25, 0.3) is 0 Å². The highest BCUT2D eigenvalue weighted by molar-refractivity contribution is 7.80. The number of hydrogen-bond acceptors (Lipinski definition) is 8. The Bertz CT molecular complexity index is 749. The molecule has 1 rings (SSSR count). The summed E-state index contributed by atoms with van der Waals surface area (Å²) in [7, 11) is 0. The number of hydrogen-bond donors (Lipinski definition) is 7. The maximum absolute atomic E-state index is 12.9. The summed E-state index contributed by atoms with van der Waals surface area (Å²) in [6, 6.07) is -4.48. The molecule has 4 atom stereocenters. The zero-order valence-corrected chi connectivity index (χ0v) is 18.4. The number of rotatable bonds is 13. The van der Waals surface area contributed by atoms with Crippen molar-refractivity contribution >= 4 is 48.1 Å². The van der Waals surface area contributed by atoms with Crippen molar-refractivity contribution in [2.75, 3.05) is 12.3 Å². The zero-order chi connectivity index (χ0) is 24.4. The molecule has 0 spiro atoms. The highest BCUT2D eigenvalue weighted by atomic mass is 32.1. The van der Waals surface area contributed by atoms with Crippen LogP contribution in [-0.4, -0.2) is 82.0 Å². The van der Waals surface area contributed by atoms with Crippen LogP contribution >= 0.6 is 12.6 Å². The van der Waals surface area contributed by atoms with E-state index in [4.69, 9.17) is 22.3 Å². The van der Waals surface area contributed by atoms with E-state index in [-0.39, 0.29) is 38.0 Å². The van der Waals surface area contributed by atoms with E-state index in [1.165, 1.54) is 4.90 Å². The largest absolute Gasteiger partial charge is 0.480 e. The van der Waals surface area contributed by atoms with Crippen molar-refractivity contribution < 1.29 is 33.9 Å². The van der Waals surface area contributed by atoms with E-state index in [2.05, 4.69) is 23.3 Å². The summed E-state index contributed by atoms with van der Waals surface area (Å²) in [6.07, 6.45) is 0.391. The van der Waals surface area contributed by atoms with Crippen molar-refractivity contribution in [2.45, 2.75) is 62.7 Å². The first-order valence-corrected chi connectivity index (χ1v) is 10.7. The average Bonchev–Trinajstić information content (AvgIpc) is 3.21. The molecule has 0 saturated carbocycles. The van der Waals surface area contributed by atoms with E-state index in [0.29, 0.717) is 12.8 Å². The number of carboxylic acids is 1. The number of carbonyl (C=O) groups excluding carboxylic acids is 5. The van der Waals surface area contributed by atoms with E-state index < -0.39 is 59.7 Å². The monoisotopic (exact) mass is 474 g/mol. The summed E-state index contributed by atoms with van der Waals surface area (Å²) in [5, 5.41) is 13.8. The molecule has 9 N–H and O–H groups in total. The van der Waals surface area contributed by atoms with Gasteiger partial charge in [0, 0.05) is 25.1 Å². The van der Waals surface area contributed by atoms with Crippen LogP contribution in [0.2, 0.25) is 0 Å². The highest BCUT2D eigenvalue weighted by Gasteiger charge is 2.37. The molecule has 1 saturated heterocycles. The van der Waals surface area contributed by atoms with Crippen LogP contribution in [0.3, 0.4) is 0 Å². The fraction of sp³-hybridized carbons (Fsp3) is 0.667. The predicted molar refractivity (Wildman–Crippen MR) is 115 cm³/mol. The molecule has 0 aliphatic carbocycles. The maximum atomic E-state index is 12.9. The lowest BCUT2D eigenvalue weighted by Gasteiger charge is -2.28. The topological polar surface area (TPSA) is 228 Å². The molecule has 0 aromatic heterocycles. The van der Waals surface area contributed by atoms with Gasteiger partial charge in [-0.25, -0.2) is 4.79 Å². The van der Waals surface area contributed by atoms with Crippen molar-refractivity contribution in [2.24, 2.45) is 17.2 Å². The summed E-state index contributed by atoms with van der Waals surface area (Å²) in [5.74, 6) is -4.82. The number of nitrogens with one attached hydrogen (secondary N) is 2. The summed E-state index contributed by atoms with van der Waals surface area (Å²) >= 11 is 3.87. The third-order valence-corrected chi connectivity index (χ3v) is 5.33. The lowest BCUT2D eigenvalue weighted by atomic mass is 10.1. The van der Waals surface area contributed by atoms with Crippen molar-refractivity contribution in [3.05, 3.63) is 0 Å². The summed E-state index contributed by atoms with van der Waals surface area (Å²) in [6.45, 7) is 0.264. The van der Waals surface area contributed by atoms with Gasteiger partial charge >= 0.3 is 5.97 Å². The minimum atomic E-state index is -1.31. The lowest BCUT2D eigenvalue weighted by Crippen LogP contribution is -2.57. The molecule has 0 bridgehead atoms. The van der Waals surface area contributed by atoms with Crippen LogP contribution in [0.4, 0.5) is 0 Å². The number of nitrogens with two attached hydrogens (primary N) is 3. The third-order valence-electron chi connectivity index (χ3n) is 4.97. The van der Waals surface area contributed by atoms with Gasteiger partial charge in [0.2, 0.25) is 29.5 Å². The molecule has 0 aromatic rings. The number of carbonyl (C=O) groups is 6. The maximum Gasteiger partial charge on any atom is 0.327 e. The molecular weight excluding hydrogens is 444 g/mol. The van der Waals surface area contributed by atoms with Gasteiger partial charge in [0.05, 0.1) is 6.04 Å². The molecule has 5 amide bonds. The minimum Gasteiger partial charge on any atom is -0.480 e. The zero-order valence-electron chi connectivity index (χ0n) is 17.5. The lowest BCUT2D eigenvalue weighted by molar-refractivity contribution is -0.142. The van der Waals surface area contributed by atoms with Crippen LogP contribution in [-0.2, 0) is 28.8 Å². The Morgan fingerprint density at radius 3 is 2.12 bits per heavy atom. The second-order valence-corrected chi connectivity index (χ2v) is 7.81. The SMILES string of the molecule is NC(=O)CCC(N)C(=O)N1CCCC1C(=O)NC(CCC(N)=O)C(=O)NC(CS)C(=O)O. The van der Waals surface area contributed by atoms with Gasteiger partial charge in [-0.05, 0) is 25.7 Å². The van der Waals surface area contributed by atoms with Crippen LogP contribution in [0.25, 0.3) is 0 Å². The van der Waals surface area contributed by atoms with Gasteiger partial charge in [-0.3, -0.25) is 24.0 Å². The Hall–Kier alpha value is -2.87. The Balaban J connectivity index is 2.88. The van der Waals surface area contributed by atoms with Crippen molar-refractivity contribution in [1.29, 1.82) is 0 Å². The van der Waals surface area contributed by atoms with Crippen LogP contribution in [0, 0.1) is 0 Å². The molecule has 1 aliphatic rings. The fourth-order valence-electron chi connectivity index (χ4n) is 3.22. The molecule has 180 valence electrons. The van der Waals surface area contributed by atoms with E-state index in [1.807, 2.05) is 0 Å². The summed E-state index contributed by atoms with van der Waals surface area (Å²) < 4.78 is 0. The molecule has 1 heterocycles. The van der Waals surface area contributed by atoms with E-state index in [9.17, 15) is 28.8 Å². The van der Waals surface area contributed by atoms with Crippen LogP contribution in [0.5, 0.6) is 0 Å². The first-order valence-electron chi connectivity index (χ1n) is 10.0. The Morgan fingerprint density at radius 1 is 1.00 bits per heavy atom. The summed E-state index contributed by atoms with van der Waals surface area (Å²) in [5.41, 5.74) is 16.0. The first kappa shape index (κ1) is 27.2. The quantitative estimate of drug-likeness (QED) is 0.134. The number of carboxylic acid groups (broad SMARTS) is 1. The molecule has 13 nitrogen and oxygen atoms in total. The number of primary amides is 2. The Kier molecular flexibility index (Phi) is 10.9. The number of aliphatic carboxylic acids is 1. The van der Waals surface area contributed by atoms with Crippen molar-refractivity contribution in [3.8, 4) is 0 Å². The smallest absolute Gasteiger partial charge is 0.327 e. The number of likely N-dealkylation sites (tertiary alicyclic amines) is 1. The molecule has 32 heavy (non-hydrogen) atoms. The fourth-order valence-corrected chi connectivity index (χ4v) is 3.47. The van der Waals surface area contributed by atoms with Crippen LogP contribution in [0.1, 0.15) is 38.5 Å². The molecule has 4 unspecified atom stereocenters. The van der Waals surface area contributed by atoms with Gasteiger partial charge < -0.3 is 37.8 Å². The van der Waals surface area contributed by atoms with Crippen LogP contribution < -0.4 is 27.8 Å². The molecule has 1 aliphatic heterocycles. The van der Waals surface area contributed by atoms with Crippen LogP contribution in [0.15, 0.2) is 0 Å². The minimum absolute atomic E-state index is 0.0307. The highest BCUT2D eigenvalue weighted by Crippen LogP contribution is 2.19.